The summed E-state index contributed by atoms with van der Waals surface area (Å²) in [6, 6.07) is 31.1. The number of aromatic nitrogens is 1. The van der Waals surface area contributed by atoms with Gasteiger partial charge in [-0.25, -0.2) is 0 Å². The van der Waals surface area contributed by atoms with Gasteiger partial charge in [0.25, 0.3) is 11.8 Å². The van der Waals surface area contributed by atoms with E-state index >= 15 is 0 Å². The number of fused-ring (bicyclic) bond motifs is 18. The zero-order valence-electron chi connectivity index (χ0n) is 32.4. The van der Waals surface area contributed by atoms with Gasteiger partial charge in [0.05, 0.1) is 12.0 Å². The number of aliphatic hydroxyl groups is 2. The Morgan fingerprint density at radius 3 is 1.68 bits per heavy atom. The highest BCUT2D eigenvalue weighted by atomic mass is 16.4. The Bertz CT molecular complexity index is 2270. The zero-order valence-corrected chi connectivity index (χ0v) is 32.4. The third-order valence-corrected chi connectivity index (χ3v) is 10.3. The number of hydrogen-bond acceptors (Lipinski definition) is 9. The minimum absolute atomic E-state index is 0.0263. The number of anilines is 1. The molecule has 0 radical (unpaired) electrons. The van der Waals surface area contributed by atoms with Crippen molar-refractivity contribution >= 4 is 41.1 Å². The summed E-state index contributed by atoms with van der Waals surface area (Å²) in [6.45, 7) is 0. The first kappa shape index (κ1) is 42.6. The van der Waals surface area contributed by atoms with Crippen LogP contribution in [0.2, 0.25) is 0 Å². The fourth-order valence-corrected chi connectivity index (χ4v) is 6.91. The second-order valence-corrected chi connectivity index (χ2v) is 14.7. The van der Waals surface area contributed by atoms with Gasteiger partial charge in [0.15, 0.2) is 18.0 Å². The van der Waals surface area contributed by atoms with E-state index in [1.165, 1.54) is 36.7 Å². The normalized spacial score (nSPS) is 22.1. The molecule has 0 aliphatic carbocycles. The van der Waals surface area contributed by atoms with Crippen LogP contribution in [0.5, 0.6) is 0 Å². The second kappa shape index (κ2) is 20.1. The summed E-state index contributed by atoms with van der Waals surface area (Å²) in [5.41, 5.74) is 4.40. The molecule has 0 fully saturated rings. The van der Waals surface area contributed by atoms with Crippen LogP contribution in [0.4, 0.5) is 5.69 Å². The average molecular weight is 812 g/mol. The number of carbonyl (C=O) groups is 6. The molecule has 6 atom stereocenters. The lowest BCUT2D eigenvalue weighted by atomic mass is 9.90. The molecule has 7 N–H and O–H groups in total. The lowest BCUT2D eigenvalue weighted by molar-refractivity contribution is -0.145. The topological polar surface area (TPSA) is 224 Å². The quantitative estimate of drug-likeness (QED) is 0.114. The minimum Gasteiger partial charge on any atom is -0.481 e. The van der Waals surface area contributed by atoms with Crippen molar-refractivity contribution in [1.29, 1.82) is 0 Å². The third-order valence-electron chi connectivity index (χ3n) is 10.3. The molecule has 308 valence electrons. The van der Waals surface area contributed by atoms with Gasteiger partial charge in [0, 0.05) is 37.3 Å². The maximum Gasteiger partial charge on any atom is 0.307 e. The number of nitrogens with zero attached hydrogens (tertiary/aromatic N) is 1. The number of pyridine rings is 1. The molecule has 0 unspecified atom stereocenters. The van der Waals surface area contributed by atoms with E-state index in [1.807, 2.05) is 42.5 Å². The zero-order chi connectivity index (χ0) is 42.6. The molecule has 1 aromatic heterocycles. The summed E-state index contributed by atoms with van der Waals surface area (Å²) in [6.07, 6.45) is -2.32. The monoisotopic (exact) mass is 811 g/mol. The standard InChI is InChI=1S/C46H45N5O9/c52-39-26-34(46(59)60)22-29-15-19-35(20-16-29)48-44(57)40(53)41(54)45(58)51-38(25-31-10-7-21-47-27-31)43(56)50-37(42(55)49-36(39)23-28-8-3-1-4-9-28)24-30-13-17-33(18-14-30)32-11-5-2-6-12-32/h1-21,27,34,36-38,40-41,53-54H,22-26H2,(H,48,57)(H,49,55)(H,50,56)(H,51,58)(H,59,60)/t34-,36-,37+,38-,40-,41-/m1/s1. The van der Waals surface area contributed by atoms with Crippen molar-refractivity contribution in [3.05, 3.63) is 156 Å². The average Bonchev–Trinajstić information content (AvgIpc) is 3.26. The number of nitrogens with one attached hydrogen (secondary N) is 4. The van der Waals surface area contributed by atoms with Gasteiger partial charge in [-0.15, -0.1) is 0 Å². The van der Waals surface area contributed by atoms with E-state index in [0.29, 0.717) is 22.3 Å². The molecule has 2 aliphatic rings. The Hall–Kier alpha value is -7.03. The summed E-state index contributed by atoms with van der Waals surface area (Å²) in [4.78, 5) is 85.8. The van der Waals surface area contributed by atoms with Crippen LogP contribution in [-0.2, 0) is 54.5 Å². The van der Waals surface area contributed by atoms with Crippen LogP contribution in [0.3, 0.4) is 0 Å². The first-order valence-electron chi connectivity index (χ1n) is 19.4. The number of rotatable bonds is 8. The lowest BCUT2D eigenvalue weighted by Crippen LogP contribution is -2.59. The first-order chi connectivity index (χ1) is 28.9. The van der Waals surface area contributed by atoms with Crippen LogP contribution in [0.15, 0.2) is 134 Å². The summed E-state index contributed by atoms with van der Waals surface area (Å²) in [7, 11) is 0. The molecule has 4 aromatic carbocycles. The summed E-state index contributed by atoms with van der Waals surface area (Å²) >= 11 is 0. The van der Waals surface area contributed by atoms with Gasteiger partial charge in [0.1, 0.15) is 12.1 Å². The van der Waals surface area contributed by atoms with Crippen molar-refractivity contribution in [3.8, 4) is 11.1 Å². The summed E-state index contributed by atoms with van der Waals surface area (Å²) in [5, 5.41) is 42.1. The number of carbonyl (C=O) groups excluding carboxylic acids is 5. The molecule has 4 amide bonds. The molecule has 7 rings (SSSR count). The number of carboxylic acid groups (broad SMARTS) is 1. The van der Waals surface area contributed by atoms with Gasteiger partial charge in [-0.3, -0.25) is 33.8 Å². The molecule has 0 saturated heterocycles. The first-order valence-corrected chi connectivity index (χ1v) is 19.4. The van der Waals surface area contributed by atoms with E-state index < -0.39 is 78.1 Å². The van der Waals surface area contributed by atoms with Crippen molar-refractivity contribution in [1.82, 2.24) is 20.9 Å². The fraction of sp³-hybridized carbons (Fsp3) is 0.239. The number of aliphatic carboxylic acids is 1. The van der Waals surface area contributed by atoms with Gasteiger partial charge in [-0.1, -0.05) is 103 Å². The van der Waals surface area contributed by atoms with E-state index in [2.05, 4.69) is 26.3 Å². The van der Waals surface area contributed by atoms with Gasteiger partial charge in [0.2, 0.25) is 11.8 Å². The van der Waals surface area contributed by atoms with Gasteiger partial charge >= 0.3 is 5.97 Å². The Kier molecular flexibility index (Phi) is 14.3. The maximum atomic E-state index is 14.5. The smallest absolute Gasteiger partial charge is 0.307 e. The second-order valence-electron chi connectivity index (χ2n) is 14.7. The number of hydrogen-bond donors (Lipinski definition) is 7. The lowest BCUT2D eigenvalue weighted by Gasteiger charge is -2.27. The van der Waals surface area contributed by atoms with Crippen LogP contribution in [0.1, 0.15) is 28.7 Å². The molecular formula is C46H45N5O9. The highest BCUT2D eigenvalue weighted by molar-refractivity contribution is 6.00. The Morgan fingerprint density at radius 1 is 0.550 bits per heavy atom. The van der Waals surface area contributed by atoms with Crippen molar-refractivity contribution in [2.45, 2.75) is 62.4 Å². The Labute approximate surface area is 346 Å². The number of Topliss-reactive ketones (excluding diaryl/α,β-unsaturated/α-hetero) is 1. The van der Waals surface area contributed by atoms with Crippen LogP contribution in [-0.4, -0.2) is 86.0 Å². The molecule has 2 bridgehead atoms. The predicted molar refractivity (Wildman–Crippen MR) is 221 cm³/mol. The number of benzene rings is 4. The molecule has 2 aliphatic heterocycles. The number of carboxylic acids is 1. The largest absolute Gasteiger partial charge is 0.481 e. The van der Waals surface area contributed by atoms with E-state index in [-0.39, 0.29) is 31.4 Å². The molecule has 0 saturated carbocycles. The van der Waals surface area contributed by atoms with Crippen LogP contribution < -0.4 is 21.3 Å². The molecule has 0 spiro atoms. The number of ketones is 1. The molecule has 60 heavy (non-hydrogen) atoms. The predicted octanol–water partition coefficient (Wildman–Crippen LogP) is 2.81. The molecule has 14 nitrogen and oxygen atoms in total. The number of amides is 4. The van der Waals surface area contributed by atoms with Crippen LogP contribution >= 0.6 is 0 Å². The minimum atomic E-state index is -2.31. The molecule has 5 aromatic rings. The van der Waals surface area contributed by atoms with Gasteiger partial charge < -0.3 is 36.6 Å². The number of aliphatic hydroxyl groups excluding tert-OH is 2. The Balaban J connectivity index is 1.38. The molecule has 14 heteroatoms. The van der Waals surface area contributed by atoms with Crippen molar-refractivity contribution in [3.63, 3.8) is 0 Å². The van der Waals surface area contributed by atoms with E-state index in [1.54, 1.807) is 54.6 Å². The van der Waals surface area contributed by atoms with Crippen molar-refractivity contribution in [2.24, 2.45) is 5.92 Å². The highest BCUT2D eigenvalue weighted by Crippen LogP contribution is 2.22. The van der Waals surface area contributed by atoms with Crippen molar-refractivity contribution < 1.29 is 44.1 Å². The van der Waals surface area contributed by atoms with E-state index in [0.717, 1.165) is 11.1 Å². The van der Waals surface area contributed by atoms with E-state index in [9.17, 15) is 44.1 Å². The SMILES string of the molecule is O=C(O)[C@H]1CC(=O)[C@@H](Cc2ccccc2)NC(=O)[C@H](Cc2ccc(-c3ccccc3)cc2)NC(=O)[C@@H](Cc2cccnc2)NC(=O)[C@H](O)[C@@H](O)C(=O)Nc2ccc(cc2)C1. The van der Waals surface area contributed by atoms with Crippen molar-refractivity contribution in [2.75, 3.05) is 5.32 Å². The Morgan fingerprint density at radius 2 is 1.07 bits per heavy atom. The molecule has 3 heterocycles. The summed E-state index contributed by atoms with van der Waals surface area (Å²) in [5.74, 6) is -6.95. The fourth-order valence-electron chi connectivity index (χ4n) is 6.91. The van der Waals surface area contributed by atoms with Gasteiger partial charge in [-0.2, -0.15) is 0 Å². The summed E-state index contributed by atoms with van der Waals surface area (Å²) < 4.78 is 0. The van der Waals surface area contributed by atoms with Crippen LogP contribution in [0.25, 0.3) is 11.1 Å². The van der Waals surface area contributed by atoms with E-state index in [4.69, 9.17) is 0 Å². The van der Waals surface area contributed by atoms with Gasteiger partial charge in [-0.05, 0) is 64.4 Å². The highest BCUT2D eigenvalue weighted by Gasteiger charge is 2.36. The molecular weight excluding hydrogens is 767 g/mol. The van der Waals surface area contributed by atoms with Crippen LogP contribution in [0, 0.1) is 5.92 Å². The maximum absolute atomic E-state index is 14.5. The third kappa shape index (κ3) is 11.6.